The SMILES string of the molecule is ClC1=CCCCCN1C1=NCCCCC1. The molecule has 0 bridgehead atoms. The lowest BCUT2D eigenvalue weighted by Gasteiger charge is -2.23. The molecule has 2 aliphatic heterocycles. The average molecular weight is 227 g/mol. The minimum absolute atomic E-state index is 0.896. The van der Waals surface area contributed by atoms with Crippen LogP contribution < -0.4 is 0 Å². The Kier molecular flexibility index (Phi) is 4.07. The smallest absolute Gasteiger partial charge is 0.106 e. The van der Waals surface area contributed by atoms with Crippen molar-refractivity contribution in [3.8, 4) is 0 Å². The first-order valence-electron chi connectivity index (χ1n) is 6.04. The van der Waals surface area contributed by atoms with Crippen molar-refractivity contribution < 1.29 is 0 Å². The third kappa shape index (κ3) is 2.97. The summed E-state index contributed by atoms with van der Waals surface area (Å²) >= 11 is 6.28. The average Bonchev–Trinajstić information content (AvgIpc) is 2.59. The quantitative estimate of drug-likeness (QED) is 0.577. The molecule has 0 atom stereocenters. The molecule has 0 saturated heterocycles. The molecule has 2 rings (SSSR count). The van der Waals surface area contributed by atoms with Crippen LogP contribution in [0.3, 0.4) is 0 Å². The number of halogens is 1. The van der Waals surface area contributed by atoms with Crippen LogP contribution >= 0.6 is 11.6 Å². The van der Waals surface area contributed by atoms with Crippen molar-refractivity contribution in [3.63, 3.8) is 0 Å². The molecule has 0 N–H and O–H groups in total. The van der Waals surface area contributed by atoms with Crippen LogP contribution in [0.15, 0.2) is 16.2 Å². The van der Waals surface area contributed by atoms with Crippen molar-refractivity contribution in [2.45, 2.75) is 44.9 Å². The fourth-order valence-electron chi connectivity index (χ4n) is 2.18. The van der Waals surface area contributed by atoms with Gasteiger partial charge in [-0.05, 0) is 38.2 Å². The fraction of sp³-hybridized carbons (Fsp3) is 0.750. The molecule has 0 unspecified atom stereocenters. The van der Waals surface area contributed by atoms with E-state index < -0.39 is 0 Å². The van der Waals surface area contributed by atoms with Gasteiger partial charge in [-0.15, -0.1) is 0 Å². The summed E-state index contributed by atoms with van der Waals surface area (Å²) in [5.74, 6) is 1.22. The maximum Gasteiger partial charge on any atom is 0.106 e. The van der Waals surface area contributed by atoms with Gasteiger partial charge in [0.25, 0.3) is 0 Å². The summed E-state index contributed by atoms with van der Waals surface area (Å²) in [6, 6.07) is 0. The Hall–Kier alpha value is -0.500. The molecular weight excluding hydrogens is 208 g/mol. The maximum absolute atomic E-state index is 6.28. The Morgan fingerprint density at radius 3 is 3.00 bits per heavy atom. The molecule has 0 amide bonds. The Bertz CT molecular complexity index is 271. The van der Waals surface area contributed by atoms with E-state index in [0.29, 0.717) is 0 Å². The van der Waals surface area contributed by atoms with E-state index in [1.807, 2.05) is 0 Å². The normalized spacial score (nSPS) is 23.9. The topological polar surface area (TPSA) is 15.6 Å². The predicted octanol–water partition coefficient (Wildman–Crippen LogP) is 3.53. The lowest BCUT2D eigenvalue weighted by molar-refractivity contribution is 0.513. The van der Waals surface area contributed by atoms with Crippen LogP contribution in [0.4, 0.5) is 0 Å². The fourth-order valence-corrected chi connectivity index (χ4v) is 2.48. The highest BCUT2D eigenvalue weighted by molar-refractivity contribution is 6.30. The van der Waals surface area contributed by atoms with Gasteiger partial charge in [0.05, 0.1) is 0 Å². The number of nitrogens with zero attached hydrogens (tertiary/aromatic N) is 2. The molecule has 0 spiro atoms. The van der Waals surface area contributed by atoms with E-state index in [1.165, 1.54) is 37.9 Å². The lowest BCUT2D eigenvalue weighted by Crippen LogP contribution is -2.28. The monoisotopic (exact) mass is 226 g/mol. The Balaban J connectivity index is 2.09. The van der Waals surface area contributed by atoms with Crippen molar-refractivity contribution in [2.24, 2.45) is 4.99 Å². The summed E-state index contributed by atoms with van der Waals surface area (Å²) in [6.07, 6.45) is 10.6. The van der Waals surface area contributed by atoms with Crippen LogP contribution in [0.1, 0.15) is 44.9 Å². The van der Waals surface area contributed by atoms with E-state index in [4.69, 9.17) is 11.6 Å². The molecule has 0 fully saturated rings. The molecule has 0 aromatic heterocycles. The highest BCUT2D eigenvalue weighted by atomic mass is 35.5. The number of allylic oxidation sites excluding steroid dienone is 1. The van der Waals surface area contributed by atoms with Gasteiger partial charge in [-0.1, -0.05) is 18.0 Å². The van der Waals surface area contributed by atoms with Gasteiger partial charge < -0.3 is 4.90 Å². The molecule has 15 heavy (non-hydrogen) atoms. The van der Waals surface area contributed by atoms with Crippen molar-refractivity contribution >= 4 is 17.4 Å². The van der Waals surface area contributed by atoms with Gasteiger partial charge in [0.2, 0.25) is 0 Å². The number of rotatable bonds is 0. The third-order valence-electron chi connectivity index (χ3n) is 3.07. The zero-order chi connectivity index (χ0) is 10.5. The number of amidine groups is 1. The van der Waals surface area contributed by atoms with Crippen LogP contribution in [-0.2, 0) is 0 Å². The van der Waals surface area contributed by atoms with Crippen molar-refractivity contribution in [3.05, 3.63) is 11.2 Å². The second-order valence-electron chi connectivity index (χ2n) is 4.28. The molecule has 3 heteroatoms. The summed E-state index contributed by atoms with van der Waals surface area (Å²) < 4.78 is 0. The Labute approximate surface area is 97.0 Å². The minimum atomic E-state index is 0.896. The standard InChI is InChI=1S/C12H19ClN2/c13-11-7-3-2-6-10-15(11)12-8-4-1-5-9-14-12/h7H,1-6,8-10H2. The molecule has 0 aromatic carbocycles. The largest absolute Gasteiger partial charge is 0.321 e. The lowest BCUT2D eigenvalue weighted by atomic mass is 10.2. The van der Waals surface area contributed by atoms with Crippen molar-refractivity contribution in [2.75, 3.05) is 13.1 Å². The van der Waals surface area contributed by atoms with Crippen molar-refractivity contribution in [1.29, 1.82) is 0 Å². The van der Waals surface area contributed by atoms with Gasteiger partial charge in [-0.25, -0.2) is 0 Å². The number of aliphatic imine (C=N–C) groups is 1. The van der Waals surface area contributed by atoms with Crippen LogP contribution in [0.25, 0.3) is 0 Å². The summed E-state index contributed by atoms with van der Waals surface area (Å²) in [7, 11) is 0. The molecule has 2 aliphatic rings. The number of hydrogen-bond acceptors (Lipinski definition) is 2. The Morgan fingerprint density at radius 2 is 2.07 bits per heavy atom. The van der Waals surface area contributed by atoms with Crippen LogP contribution in [0, 0.1) is 0 Å². The molecule has 84 valence electrons. The first-order valence-corrected chi connectivity index (χ1v) is 6.42. The van der Waals surface area contributed by atoms with E-state index >= 15 is 0 Å². The molecule has 0 saturated carbocycles. The van der Waals surface area contributed by atoms with Gasteiger partial charge in [-0.3, -0.25) is 4.99 Å². The molecule has 2 heterocycles. The summed E-state index contributed by atoms with van der Waals surface area (Å²) in [4.78, 5) is 6.88. The molecular formula is C12H19ClN2. The zero-order valence-corrected chi connectivity index (χ0v) is 9.97. The molecule has 2 nitrogen and oxygen atoms in total. The highest BCUT2D eigenvalue weighted by Gasteiger charge is 2.17. The maximum atomic E-state index is 6.28. The first-order chi connectivity index (χ1) is 7.38. The second-order valence-corrected chi connectivity index (χ2v) is 4.67. The highest BCUT2D eigenvalue weighted by Crippen LogP contribution is 2.21. The second kappa shape index (κ2) is 5.55. The summed E-state index contributed by atoms with van der Waals surface area (Å²) in [5.41, 5.74) is 0. The van der Waals surface area contributed by atoms with Crippen molar-refractivity contribution in [1.82, 2.24) is 4.90 Å². The van der Waals surface area contributed by atoms with Gasteiger partial charge in [0, 0.05) is 19.5 Å². The molecule has 0 radical (unpaired) electrons. The van der Waals surface area contributed by atoms with Crippen LogP contribution in [0.2, 0.25) is 0 Å². The summed E-state index contributed by atoms with van der Waals surface area (Å²) in [6.45, 7) is 2.03. The van der Waals surface area contributed by atoms with E-state index in [2.05, 4.69) is 16.0 Å². The van der Waals surface area contributed by atoms with E-state index in [9.17, 15) is 0 Å². The zero-order valence-electron chi connectivity index (χ0n) is 9.21. The van der Waals surface area contributed by atoms with E-state index in [-0.39, 0.29) is 0 Å². The van der Waals surface area contributed by atoms with Gasteiger partial charge >= 0.3 is 0 Å². The predicted molar refractivity (Wildman–Crippen MR) is 65.3 cm³/mol. The summed E-state index contributed by atoms with van der Waals surface area (Å²) in [5, 5.41) is 0.896. The molecule has 0 aromatic rings. The van der Waals surface area contributed by atoms with Gasteiger partial charge in [-0.2, -0.15) is 0 Å². The van der Waals surface area contributed by atoms with E-state index in [1.54, 1.807) is 0 Å². The van der Waals surface area contributed by atoms with Crippen LogP contribution in [0.5, 0.6) is 0 Å². The minimum Gasteiger partial charge on any atom is -0.321 e. The van der Waals surface area contributed by atoms with Gasteiger partial charge in [0.15, 0.2) is 0 Å². The Morgan fingerprint density at radius 1 is 1.13 bits per heavy atom. The number of hydrogen-bond donors (Lipinski definition) is 0. The van der Waals surface area contributed by atoms with Gasteiger partial charge in [0.1, 0.15) is 11.0 Å². The van der Waals surface area contributed by atoms with E-state index in [0.717, 1.165) is 31.1 Å². The first kappa shape index (κ1) is 11.0. The third-order valence-corrected chi connectivity index (χ3v) is 3.43. The molecule has 0 aliphatic carbocycles. The van der Waals surface area contributed by atoms with Crippen LogP contribution in [-0.4, -0.2) is 23.8 Å².